The van der Waals surface area contributed by atoms with Gasteiger partial charge in [-0.3, -0.25) is 5.32 Å². The lowest BCUT2D eigenvalue weighted by molar-refractivity contribution is 0.0635. The molecule has 2 aromatic rings. The third-order valence-electron chi connectivity index (χ3n) is 3.52. The number of amides is 1. The van der Waals surface area contributed by atoms with Gasteiger partial charge in [-0.15, -0.1) is 0 Å². The van der Waals surface area contributed by atoms with Crippen LogP contribution in [0.25, 0.3) is 0 Å². The predicted octanol–water partition coefficient (Wildman–Crippen LogP) is 5.22. The number of rotatable bonds is 4. The second kappa shape index (κ2) is 7.55. The van der Waals surface area contributed by atoms with Crippen LogP contribution in [-0.4, -0.2) is 16.7 Å². The molecular weight excluding hydrogens is 314 g/mol. The van der Waals surface area contributed by atoms with Crippen molar-refractivity contribution in [2.75, 3.05) is 10.6 Å². The fourth-order valence-corrected chi connectivity index (χ4v) is 2.55. The Kier molecular flexibility index (Phi) is 5.67. The van der Waals surface area contributed by atoms with Crippen molar-refractivity contribution in [3.63, 3.8) is 0 Å². The first-order valence-electron chi connectivity index (χ1n) is 8.43. The minimum atomic E-state index is -0.535. The van der Waals surface area contributed by atoms with Crippen molar-refractivity contribution in [2.24, 2.45) is 0 Å². The number of hydrogen-bond acceptors (Lipinski definition) is 4. The molecule has 0 bridgehead atoms. The quantitative estimate of drug-likeness (QED) is 0.800. The molecule has 0 fully saturated rings. The van der Waals surface area contributed by atoms with E-state index in [2.05, 4.69) is 54.6 Å². The van der Waals surface area contributed by atoms with E-state index in [1.54, 1.807) is 12.3 Å². The Morgan fingerprint density at radius 2 is 1.76 bits per heavy atom. The van der Waals surface area contributed by atoms with Crippen LogP contribution in [0, 0.1) is 13.8 Å². The molecule has 25 heavy (non-hydrogen) atoms. The Bertz CT molecular complexity index is 713. The maximum atomic E-state index is 11.8. The van der Waals surface area contributed by atoms with Gasteiger partial charge in [0.2, 0.25) is 0 Å². The fourth-order valence-electron chi connectivity index (χ4n) is 2.55. The van der Waals surface area contributed by atoms with Crippen LogP contribution >= 0.6 is 0 Å². The van der Waals surface area contributed by atoms with Gasteiger partial charge in [-0.25, -0.2) is 9.78 Å². The zero-order chi connectivity index (χ0) is 18.6. The Hall–Kier alpha value is -2.56. The summed E-state index contributed by atoms with van der Waals surface area (Å²) in [5, 5.41) is 6.05. The van der Waals surface area contributed by atoms with E-state index >= 15 is 0 Å². The Morgan fingerprint density at radius 3 is 2.28 bits per heavy atom. The first kappa shape index (κ1) is 18.8. The van der Waals surface area contributed by atoms with E-state index in [0.717, 1.165) is 5.69 Å². The number of nitrogens with one attached hydrogen (secondary N) is 2. The number of aromatic nitrogens is 1. The second-order valence-electron chi connectivity index (χ2n) is 7.35. The maximum Gasteiger partial charge on any atom is 0.413 e. The molecule has 134 valence electrons. The predicted molar refractivity (Wildman–Crippen MR) is 102 cm³/mol. The zero-order valence-corrected chi connectivity index (χ0v) is 15.8. The molecule has 0 radical (unpaired) electrons. The number of anilines is 2. The average molecular weight is 341 g/mol. The van der Waals surface area contributed by atoms with Crippen LogP contribution in [-0.2, 0) is 4.74 Å². The topological polar surface area (TPSA) is 63.2 Å². The van der Waals surface area contributed by atoms with E-state index in [0.29, 0.717) is 5.82 Å². The van der Waals surface area contributed by atoms with E-state index in [4.69, 9.17) is 4.74 Å². The first-order valence-corrected chi connectivity index (χ1v) is 8.43. The standard InChI is InChI=1S/C20H27N3O2/c1-13-9-14(2)11-16(10-13)15(3)22-17-7-8-18(21-12-17)23-19(24)25-20(4,5)6/h7-12,15,22H,1-6H3,(H,21,23,24). The number of benzene rings is 1. The number of ether oxygens (including phenoxy) is 1. The van der Waals surface area contributed by atoms with E-state index < -0.39 is 11.7 Å². The molecule has 0 saturated carbocycles. The summed E-state index contributed by atoms with van der Waals surface area (Å²) in [6, 6.07) is 10.3. The van der Waals surface area contributed by atoms with Gasteiger partial charge in [-0.05, 0) is 59.2 Å². The monoisotopic (exact) mass is 341 g/mol. The third-order valence-corrected chi connectivity index (χ3v) is 3.52. The van der Waals surface area contributed by atoms with Crippen molar-refractivity contribution in [1.29, 1.82) is 0 Å². The van der Waals surface area contributed by atoms with Gasteiger partial charge in [-0.2, -0.15) is 0 Å². The number of aryl methyl sites for hydroxylation is 2. The van der Waals surface area contributed by atoms with Gasteiger partial charge in [0, 0.05) is 6.04 Å². The van der Waals surface area contributed by atoms with Crippen LogP contribution in [0.4, 0.5) is 16.3 Å². The molecule has 1 atom stereocenters. The summed E-state index contributed by atoms with van der Waals surface area (Å²) < 4.78 is 5.21. The highest BCUT2D eigenvalue weighted by Crippen LogP contribution is 2.22. The number of carbonyl (C=O) groups is 1. The van der Waals surface area contributed by atoms with Crippen molar-refractivity contribution in [1.82, 2.24) is 4.98 Å². The molecule has 0 aliphatic heterocycles. The summed E-state index contributed by atoms with van der Waals surface area (Å²) in [7, 11) is 0. The highest BCUT2D eigenvalue weighted by molar-refractivity contribution is 5.83. The van der Waals surface area contributed by atoms with Gasteiger partial charge in [0.25, 0.3) is 0 Å². The molecule has 1 amide bonds. The molecule has 0 aliphatic carbocycles. The van der Waals surface area contributed by atoms with Crippen LogP contribution in [0.3, 0.4) is 0 Å². The zero-order valence-electron chi connectivity index (χ0n) is 15.8. The van der Waals surface area contributed by atoms with Crippen molar-refractivity contribution < 1.29 is 9.53 Å². The van der Waals surface area contributed by atoms with E-state index in [-0.39, 0.29) is 6.04 Å². The lowest BCUT2D eigenvalue weighted by Gasteiger charge is -2.19. The minimum absolute atomic E-state index is 0.157. The smallest absolute Gasteiger partial charge is 0.413 e. The van der Waals surface area contributed by atoms with Gasteiger partial charge in [0.1, 0.15) is 11.4 Å². The number of carbonyl (C=O) groups excluding carboxylic acids is 1. The van der Waals surface area contributed by atoms with Crippen LogP contribution in [0.5, 0.6) is 0 Å². The molecule has 1 aromatic heterocycles. The van der Waals surface area contributed by atoms with Crippen molar-refractivity contribution >= 4 is 17.6 Å². The van der Waals surface area contributed by atoms with Crippen molar-refractivity contribution in [2.45, 2.75) is 53.2 Å². The number of hydrogen-bond donors (Lipinski definition) is 2. The first-order chi connectivity index (χ1) is 11.6. The Labute approximate surface area is 149 Å². The van der Waals surface area contributed by atoms with Crippen LogP contribution < -0.4 is 10.6 Å². The number of pyridine rings is 1. The molecule has 5 nitrogen and oxygen atoms in total. The van der Waals surface area contributed by atoms with Crippen molar-refractivity contribution in [3.8, 4) is 0 Å². The summed E-state index contributed by atoms with van der Waals surface area (Å²) in [6.45, 7) is 11.8. The molecule has 0 aliphatic rings. The molecule has 1 heterocycles. The highest BCUT2D eigenvalue weighted by Gasteiger charge is 2.16. The van der Waals surface area contributed by atoms with Crippen molar-refractivity contribution in [3.05, 3.63) is 53.2 Å². The molecule has 5 heteroatoms. The molecular formula is C20H27N3O2. The fraction of sp³-hybridized carbons (Fsp3) is 0.400. The van der Waals surface area contributed by atoms with Gasteiger partial charge in [-0.1, -0.05) is 29.3 Å². The Balaban J connectivity index is 1.99. The summed E-state index contributed by atoms with van der Waals surface area (Å²) in [6.07, 6.45) is 1.19. The molecule has 0 spiro atoms. The van der Waals surface area contributed by atoms with Gasteiger partial charge in [0.15, 0.2) is 0 Å². The molecule has 2 N–H and O–H groups in total. The second-order valence-corrected chi connectivity index (χ2v) is 7.35. The van der Waals surface area contributed by atoms with E-state index in [1.807, 2.05) is 26.8 Å². The maximum absolute atomic E-state index is 11.8. The molecule has 1 aromatic carbocycles. The SMILES string of the molecule is Cc1cc(C)cc(C(C)Nc2ccc(NC(=O)OC(C)(C)C)nc2)c1. The van der Waals surface area contributed by atoms with E-state index in [1.165, 1.54) is 16.7 Å². The lowest BCUT2D eigenvalue weighted by atomic mass is 10.0. The van der Waals surface area contributed by atoms with Crippen LogP contribution in [0.2, 0.25) is 0 Å². The summed E-state index contributed by atoms with van der Waals surface area (Å²) in [4.78, 5) is 16.0. The van der Waals surface area contributed by atoms with Crippen LogP contribution in [0.1, 0.15) is 50.4 Å². The third kappa shape index (κ3) is 6.10. The molecule has 0 saturated heterocycles. The van der Waals surface area contributed by atoms with Gasteiger partial charge < -0.3 is 10.1 Å². The molecule has 2 rings (SSSR count). The Morgan fingerprint density at radius 1 is 1.12 bits per heavy atom. The van der Waals surface area contributed by atoms with Gasteiger partial charge >= 0.3 is 6.09 Å². The summed E-state index contributed by atoms with van der Waals surface area (Å²) >= 11 is 0. The minimum Gasteiger partial charge on any atom is -0.444 e. The molecule has 1 unspecified atom stereocenters. The largest absolute Gasteiger partial charge is 0.444 e. The average Bonchev–Trinajstić information content (AvgIpc) is 2.46. The summed E-state index contributed by atoms with van der Waals surface area (Å²) in [5.74, 6) is 0.457. The van der Waals surface area contributed by atoms with E-state index in [9.17, 15) is 4.79 Å². The van der Waals surface area contributed by atoms with Gasteiger partial charge in [0.05, 0.1) is 11.9 Å². The number of nitrogens with zero attached hydrogens (tertiary/aromatic N) is 1. The normalized spacial score (nSPS) is 12.4. The summed E-state index contributed by atoms with van der Waals surface area (Å²) in [5.41, 5.74) is 4.08. The van der Waals surface area contributed by atoms with Crippen LogP contribution in [0.15, 0.2) is 36.5 Å². The lowest BCUT2D eigenvalue weighted by Crippen LogP contribution is -2.27. The highest BCUT2D eigenvalue weighted by atomic mass is 16.6.